The fourth-order valence-corrected chi connectivity index (χ4v) is 2.83. The molecule has 0 bridgehead atoms. The third-order valence-corrected chi connectivity index (χ3v) is 3.99. The van der Waals surface area contributed by atoms with E-state index in [9.17, 15) is 9.90 Å². The van der Waals surface area contributed by atoms with Crippen molar-refractivity contribution in [2.75, 3.05) is 13.1 Å². The van der Waals surface area contributed by atoms with Gasteiger partial charge in [-0.1, -0.05) is 13.3 Å². The van der Waals surface area contributed by atoms with Crippen molar-refractivity contribution in [2.24, 2.45) is 0 Å². The number of carbonyl (C=O) groups is 1. The first-order valence-electron chi connectivity index (χ1n) is 7.28. The Hall–Kier alpha value is -0.610. The van der Waals surface area contributed by atoms with Crippen molar-refractivity contribution < 1.29 is 9.90 Å². The lowest BCUT2D eigenvalue weighted by atomic mass is 9.97. The molecule has 18 heavy (non-hydrogen) atoms. The van der Waals surface area contributed by atoms with Crippen molar-refractivity contribution in [2.45, 2.75) is 71.0 Å². The van der Waals surface area contributed by atoms with Crippen LogP contribution in [0.25, 0.3) is 0 Å². The molecule has 106 valence electrons. The minimum absolute atomic E-state index is 0.397. The van der Waals surface area contributed by atoms with E-state index in [1.807, 2.05) is 0 Å². The van der Waals surface area contributed by atoms with E-state index in [0.717, 1.165) is 19.5 Å². The highest BCUT2D eigenvalue weighted by Crippen LogP contribution is 2.22. The molecular weight excluding hydrogens is 228 g/mol. The molecule has 4 nitrogen and oxygen atoms in total. The number of nitrogens with one attached hydrogen (secondary N) is 1. The van der Waals surface area contributed by atoms with Gasteiger partial charge in [0, 0.05) is 18.6 Å². The average Bonchev–Trinajstić information content (AvgIpc) is 2.31. The molecule has 3 atom stereocenters. The Labute approximate surface area is 111 Å². The number of hydrogen-bond donors (Lipinski definition) is 2. The molecule has 1 rings (SSSR count). The van der Waals surface area contributed by atoms with Crippen LogP contribution in [0.15, 0.2) is 0 Å². The van der Waals surface area contributed by atoms with Gasteiger partial charge in [0.25, 0.3) is 0 Å². The van der Waals surface area contributed by atoms with Gasteiger partial charge in [-0.05, 0) is 46.1 Å². The van der Waals surface area contributed by atoms with Crippen molar-refractivity contribution in [3.05, 3.63) is 0 Å². The van der Waals surface area contributed by atoms with Crippen LogP contribution < -0.4 is 5.32 Å². The molecule has 0 amide bonds. The van der Waals surface area contributed by atoms with E-state index in [0.29, 0.717) is 18.5 Å². The summed E-state index contributed by atoms with van der Waals surface area (Å²) in [6, 6.07) is 0.787. The Balaban J connectivity index is 2.42. The van der Waals surface area contributed by atoms with Gasteiger partial charge in [0.2, 0.25) is 0 Å². The standard InChI is InChI=1S/C14H28N2O2/c1-4-9-15-13(14(17)18)8-10-16-11(2)6-5-7-12(16)3/h11-13,15H,4-10H2,1-3H3,(H,17,18). The van der Waals surface area contributed by atoms with Gasteiger partial charge in [0.1, 0.15) is 6.04 Å². The van der Waals surface area contributed by atoms with E-state index < -0.39 is 12.0 Å². The third-order valence-electron chi connectivity index (χ3n) is 3.99. The predicted octanol–water partition coefficient (Wildman–Crippen LogP) is 2.09. The summed E-state index contributed by atoms with van der Waals surface area (Å²) in [5.74, 6) is -0.722. The van der Waals surface area contributed by atoms with E-state index in [1.165, 1.54) is 19.3 Å². The predicted molar refractivity (Wildman–Crippen MR) is 73.8 cm³/mol. The molecule has 3 unspecified atom stereocenters. The highest BCUT2D eigenvalue weighted by molar-refractivity contribution is 5.73. The molecule has 0 radical (unpaired) electrons. The van der Waals surface area contributed by atoms with Crippen LogP contribution >= 0.6 is 0 Å². The molecule has 0 aromatic rings. The van der Waals surface area contributed by atoms with Gasteiger partial charge in [0.05, 0.1) is 0 Å². The summed E-state index contributed by atoms with van der Waals surface area (Å²) in [5, 5.41) is 12.3. The van der Waals surface area contributed by atoms with Gasteiger partial charge in [-0.15, -0.1) is 0 Å². The normalized spacial score (nSPS) is 27.1. The minimum atomic E-state index is -0.722. The molecule has 0 aliphatic carbocycles. The van der Waals surface area contributed by atoms with Crippen LogP contribution in [0.2, 0.25) is 0 Å². The Morgan fingerprint density at radius 3 is 2.50 bits per heavy atom. The maximum absolute atomic E-state index is 11.2. The number of hydrogen-bond acceptors (Lipinski definition) is 3. The number of carboxylic acids is 1. The van der Waals surface area contributed by atoms with Crippen LogP contribution in [-0.2, 0) is 4.79 Å². The smallest absolute Gasteiger partial charge is 0.320 e. The molecule has 1 heterocycles. The lowest BCUT2D eigenvalue weighted by molar-refractivity contribution is -0.139. The molecule has 2 N–H and O–H groups in total. The van der Waals surface area contributed by atoms with Crippen LogP contribution in [0, 0.1) is 0 Å². The topological polar surface area (TPSA) is 52.6 Å². The maximum atomic E-state index is 11.2. The van der Waals surface area contributed by atoms with E-state index >= 15 is 0 Å². The summed E-state index contributed by atoms with van der Waals surface area (Å²) in [5.41, 5.74) is 0. The van der Waals surface area contributed by atoms with E-state index in [2.05, 4.69) is 31.0 Å². The first-order valence-corrected chi connectivity index (χ1v) is 7.28. The maximum Gasteiger partial charge on any atom is 0.320 e. The SMILES string of the molecule is CCCNC(CCN1C(C)CCCC1C)C(=O)O. The van der Waals surface area contributed by atoms with Crippen LogP contribution in [-0.4, -0.2) is 47.2 Å². The van der Waals surface area contributed by atoms with Crippen molar-refractivity contribution in [3.63, 3.8) is 0 Å². The summed E-state index contributed by atoms with van der Waals surface area (Å²) in [6.07, 6.45) is 5.45. The Morgan fingerprint density at radius 2 is 2.00 bits per heavy atom. The van der Waals surface area contributed by atoms with Gasteiger partial charge >= 0.3 is 5.97 Å². The second-order valence-corrected chi connectivity index (χ2v) is 5.50. The summed E-state index contributed by atoms with van der Waals surface area (Å²) < 4.78 is 0. The first-order chi connectivity index (χ1) is 8.56. The van der Waals surface area contributed by atoms with E-state index in [1.54, 1.807) is 0 Å². The lowest BCUT2D eigenvalue weighted by Crippen LogP contribution is -2.47. The van der Waals surface area contributed by atoms with Gasteiger partial charge in [-0.25, -0.2) is 0 Å². The molecule has 0 saturated carbocycles. The van der Waals surface area contributed by atoms with Gasteiger partial charge < -0.3 is 10.4 Å². The van der Waals surface area contributed by atoms with Crippen molar-refractivity contribution >= 4 is 5.97 Å². The Morgan fingerprint density at radius 1 is 1.39 bits per heavy atom. The summed E-state index contributed by atoms with van der Waals surface area (Å²) in [4.78, 5) is 13.6. The van der Waals surface area contributed by atoms with Crippen molar-refractivity contribution in [3.8, 4) is 0 Å². The quantitative estimate of drug-likeness (QED) is 0.732. The Kier molecular flexibility index (Phi) is 6.65. The lowest BCUT2D eigenvalue weighted by Gasteiger charge is -2.39. The van der Waals surface area contributed by atoms with Crippen LogP contribution in [0.4, 0.5) is 0 Å². The fourth-order valence-electron chi connectivity index (χ4n) is 2.83. The number of piperidine rings is 1. The third kappa shape index (κ3) is 4.58. The second kappa shape index (κ2) is 7.74. The van der Waals surface area contributed by atoms with Crippen molar-refractivity contribution in [1.29, 1.82) is 0 Å². The number of carboxylic acid groups (broad SMARTS) is 1. The fraction of sp³-hybridized carbons (Fsp3) is 0.929. The van der Waals surface area contributed by atoms with Crippen LogP contribution in [0.3, 0.4) is 0 Å². The van der Waals surface area contributed by atoms with Gasteiger partial charge in [0.15, 0.2) is 0 Å². The van der Waals surface area contributed by atoms with Gasteiger partial charge in [-0.2, -0.15) is 0 Å². The Bertz CT molecular complexity index is 248. The number of aliphatic carboxylic acids is 1. The molecule has 0 aromatic carbocycles. The monoisotopic (exact) mass is 256 g/mol. The molecular formula is C14H28N2O2. The molecule has 1 aliphatic rings. The van der Waals surface area contributed by atoms with E-state index in [4.69, 9.17) is 0 Å². The highest BCUT2D eigenvalue weighted by Gasteiger charge is 2.26. The summed E-state index contributed by atoms with van der Waals surface area (Å²) in [7, 11) is 0. The number of likely N-dealkylation sites (tertiary alicyclic amines) is 1. The minimum Gasteiger partial charge on any atom is -0.480 e. The van der Waals surface area contributed by atoms with E-state index in [-0.39, 0.29) is 0 Å². The molecule has 1 saturated heterocycles. The largest absolute Gasteiger partial charge is 0.480 e. The van der Waals surface area contributed by atoms with Crippen LogP contribution in [0.1, 0.15) is 52.9 Å². The zero-order chi connectivity index (χ0) is 13.5. The molecule has 4 heteroatoms. The van der Waals surface area contributed by atoms with Crippen molar-refractivity contribution in [1.82, 2.24) is 10.2 Å². The molecule has 0 aromatic heterocycles. The zero-order valence-electron chi connectivity index (χ0n) is 12.0. The van der Waals surface area contributed by atoms with Gasteiger partial charge in [-0.3, -0.25) is 9.69 Å². The second-order valence-electron chi connectivity index (χ2n) is 5.50. The zero-order valence-corrected chi connectivity index (χ0v) is 12.0. The molecule has 1 fully saturated rings. The molecule has 0 spiro atoms. The first kappa shape index (κ1) is 15.4. The van der Waals surface area contributed by atoms with Crippen LogP contribution in [0.5, 0.6) is 0 Å². The number of rotatable bonds is 7. The highest BCUT2D eigenvalue weighted by atomic mass is 16.4. The average molecular weight is 256 g/mol. The number of nitrogens with zero attached hydrogens (tertiary/aromatic N) is 1. The summed E-state index contributed by atoms with van der Waals surface area (Å²) in [6.45, 7) is 8.23. The summed E-state index contributed by atoms with van der Waals surface area (Å²) >= 11 is 0. The molecule has 1 aliphatic heterocycles.